The lowest BCUT2D eigenvalue weighted by Gasteiger charge is -2.07. The first-order valence-corrected chi connectivity index (χ1v) is 8.36. The van der Waals surface area contributed by atoms with Crippen LogP contribution in [0.15, 0.2) is 66.9 Å². The van der Waals surface area contributed by atoms with Gasteiger partial charge in [-0.2, -0.15) is 5.10 Å². The summed E-state index contributed by atoms with van der Waals surface area (Å²) in [4.78, 5) is 22.4. The van der Waals surface area contributed by atoms with Crippen LogP contribution in [0.1, 0.15) is 12.1 Å². The largest absolute Gasteiger partial charge is 0.459 e. The van der Waals surface area contributed by atoms with E-state index in [0.717, 1.165) is 5.69 Å². The van der Waals surface area contributed by atoms with E-state index in [1.54, 1.807) is 35.1 Å². The van der Waals surface area contributed by atoms with Gasteiger partial charge in [-0.3, -0.25) is 14.9 Å². The molecule has 0 aliphatic heterocycles. The number of para-hydroxylation sites is 3. The molecule has 1 N–H and O–H groups in total. The predicted octanol–water partition coefficient (Wildman–Crippen LogP) is 3.33. The van der Waals surface area contributed by atoms with Crippen LogP contribution in [0.25, 0.3) is 5.69 Å². The number of carbonyl (C=O) groups is 1. The van der Waals surface area contributed by atoms with Gasteiger partial charge < -0.3 is 10.1 Å². The van der Waals surface area contributed by atoms with Gasteiger partial charge in [-0.15, -0.1) is 0 Å². The smallest absolute Gasteiger partial charge is 0.307 e. The van der Waals surface area contributed by atoms with Gasteiger partial charge in [-0.25, -0.2) is 4.68 Å². The summed E-state index contributed by atoms with van der Waals surface area (Å²) in [5, 5.41) is 18.2. The lowest BCUT2D eigenvalue weighted by molar-refractivity contribution is -0.384. The van der Waals surface area contributed by atoms with Gasteiger partial charge in [-0.05, 0) is 24.3 Å². The van der Waals surface area contributed by atoms with Crippen LogP contribution in [0.4, 0.5) is 11.4 Å². The van der Waals surface area contributed by atoms with Crippen LogP contribution < -0.4 is 5.32 Å². The van der Waals surface area contributed by atoms with Crippen LogP contribution in [0, 0.1) is 10.1 Å². The van der Waals surface area contributed by atoms with E-state index in [2.05, 4.69) is 10.4 Å². The average molecular weight is 366 g/mol. The van der Waals surface area contributed by atoms with Crippen LogP contribution in [0.2, 0.25) is 0 Å². The lowest BCUT2D eigenvalue weighted by atomic mass is 10.2. The van der Waals surface area contributed by atoms with Gasteiger partial charge in [0, 0.05) is 18.8 Å². The molecule has 138 valence electrons. The van der Waals surface area contributed by atoms with Gasteiger partial charge in [-0.1, -0.05) is 30.3 Å². The quantitative estimate of drug-likeness (QED) is 0.373. The van der Waals surface area contributed by atoms with Crippen molar-refractivity contribution in [1.29, 1.82) is 0 Å². The molecule has 0 aliphatic carbocycles. The highest BCUT2D eigenvalue weighted by Crippen LogP contribution is 2.22. The summed E-state index contributed by atoms with van der Waals surface area (Å²) in [7, 11) is 0. The number of aromatic nitrogens is 2. The van der Waals surface area contributed by atoms with Crippen LogP contribution in [0.5, 0.6) is 0 Å². The fourth-order valence-electron chi connectivity index (χ4n) is 2.47. The lowest BCUT2D eigenvalue weighted by Crippen LogP contribution is -2.12. The molecule has 1 aromatic heterocycles. The molecular formula is C19H18N4O4. The van der Waals surface area contributed by atoms with Gasteiger partial charge in [0.2, 0.25) is 0 Å². The molecule has 0 saturated carbocycles. The zero-order valence-electron chi connectivity index (χ0n) is 14.4. The molecule has 1 heterocycles. The van der Waals surface area contributed by atoms with Crippen LogP contribution in [-0.4, -0.2) is 27.2 Å². The fourth-order valence-corrected chi connectivity index (χ4v) is 2.47. The van der Waals surface area contributed by atoms with E-state index >= 15 is 0 Å². The Labute approximate surface area is 155 Å². The molecule has 0 spiro atoms. The van der Waals surface area contributed by atoms with E-state index in [4.69, 9.17) is 4.74 Å². The van der Waals surface area contributed by atoms with Crippen molar-refractivity contribution in [1.82, 2.24) is 9.78 Å². The van der Waals surface area contributed by atoms with Gasteiger partial charge >= 0.3 is 5.97 Å². The number of ether oxygens (including phenoxy) is 1. The number of nitrogens with one attached hydrogen (secondary N) is 1. The van der Waals surface area contributed by atoms with Crippen molar-refractivity contribution in [2.45, 2.75) is 13.0 Å². The van der Waals surface area contributed by atoms with Crippen molar-refractivity contribution in [3.05, 3.63) is 82.7 Å². The summed E-state index contributed by atoms with van der Waals surface area (Å²) >= 11 is 0. The number of carbonyl (C=O) groups excluding carboxylic acids is 1. The first-order valence-electron chi connectivity index (χ1n) is 8.36. The standard InChI is InChI=1S/C19H18N4O4/c24-19(10-12-20-17-8-4-5-9-18(17)23(25)26)27-14-15-11-13-22(21-15)16-6-2-1-3-7-16/h1-9,11,13,20H,10,12,14H2. The maximum atomic E-state index is 11.9. The molecule has 0 amide bonds. The van der Waals surface area contributed by atoms with E-state index in [-0.39, 0.29) is 25.3 Å². The number of nitrogens with zero attached hydrogens (tertiary/aromatic N) is 3. The molecular weight excluding hydrogens is 348 g/mol. The molecule has 8 nitrogen and oxygen atoms in total. The zero-order chi connectivity index (χ0) is 19.1. The Morgan fingerprint density at radius 3 is 2.63 bits per heavy atom. The topological polar surface area (TPSA) is 99.3 Å². The third-order valence-corrected chi connectivity index (χ3v) is 3.79. The van der Waals surface area contributed by atoms with Gasteiger partial charge in [0.1, 0.15) is 18.0 Å². The van der Waals surface area contributed by atoms with Gasteiger partial charge in [0.25, 0.3) is 5.69 Å². The SMILES string of the molecule is O=C(CCNc1ccccc1[N+](=O)[O-])OCc1ccn(-c2ccccc2)n1. The van der Waals surface area contributed by atoms with Crippen molar-refractivity contribution in [3.63, 3.8) is 0 Å². The van der Waals surface area contributed by atoms with E-state index < -0.39 is 10.9 Å². The summed E-state index contributed by atoms with van der Waals surface area (Å²) in [6.07, 6.45) is 1.89. The van der Waals surface area contributed by atoms with E-state index in [1.165, 1.54) is 6.07 Å². The molecule has 0 atom stereocenters. The first kappa shape index (κ1) is 18.1. The molecule has 0 aliphatic rings. The van der Waals surface area contributed by atoms with Crippen molar-refractivity contribution in [2.24, 2.45) is 0 Å². The normalized spacial score (nSPS) is 10.4. The van der Waals surface area contributed by atoms with E-state index in [1.807, 2.05) is 30.3 Å². The maximum Gasteiger partial charge on any atom is 0.307 e. The highest BCUT2D eigenvalue weighted by atomic mass is 16.6. The summed E-state index contributed by atoms with van der Waals surface area (Å²) in [5.41, 5.74) is 1.90. The van der Waals surface area contributed by atoms with Crippen LogP contribution in [0.3, 0.4) is 0 Å². The Kier molecular flexibility index (Phi) is 5.78. The molecule has 27 heavy (non-hydrogen) atoms. The second-order valence-electron chi connectivity index (χ2n) is 5.70. The minimum absolute atomic E-state index is 0.0303. The number of esters is 1. The summed E-state index contributed by atoms with van der Waals surface area (Å²) in [5.74, 6) is -0.407. The van der Waals surface area contributed by atoms with Crippen molar-refractivity contribution < 1.29 is 14.5 Å². The Hall–Kier alpha value is -3.68. The number of nitro groups is 1. The Balaban J connectivity index is 1.46. The molecule has 2 aromatic carbocycles. The molecule has 0 unspecified atom stereocenters. The zero-order valence-corrected chi connectivity index (χ0v) is 14.4. The Bertz CT molecular complexity index is 924. The number of anilines is 1. The number of hydrogen-bond donors (Lipinski definition) is 1. The molecule has 0 radical (unpaired) electrons. The molecule has 0 fully saturated rings. The van der Waals surface area contributed by atoms with Crippen molar-refractivity contribution in [3.8, 4) is 5.69 Å². The second-order valence-corrected chi connectivity index (χ2v) is 5.70. The Morgan fingerprint density at radius 2 is 1.85 bits per heavy atom. The maximum absolute atomic E-state index is 11.9. The van der Waals surface area contributed by atoms with Crippen molar-refractivity contribution >= 4 is 17.3 Å². The number of rotatable bonds is 8. The minimum Gasteiger partial charge on any atom is -0.459 e. The summed E-state index contributed by atoms with van der Waals surface area (Å²) in [6, 6.07) is 17.7. The highest BCUT2D eigenvalue weighted by Gasteiger charge is 2.12. The van der Waals surface area contributed by atoms with Crippen molar-refractivity contribution in [2.75, 3.05) is 11.9 Å². The van der Waals surface area contributed by atoms with Gasteiger partial charge in [0.15, 0.2) is 0 Å². The summed E-state index contributed by atoms with van der Waals surface area (Å²) in [6.45, 7) is 0.312. The molecule has 0 bridgehead atoms. The fraction of sp³-hybridized carbons (Fsp3) is 0.158. The predicted molar refractivity (Wildman–Crippen MR) is 99.6 cm³/mol. The first-order chi connectivity index (χ1) is 13.1. The highest BCUT2D eigenvalue weighted by molar-refractivity contribution is 5.70. The molecule has 3 rings (SSSR count). The van der Waals surface area contributed by atoms with E-state index in [0.29, 0.717) is 11.4 Å². The average Bonchev–Trinajstić information content (AvgIpc) is 3.16. The third kappa shape index (κ3) is 4.91. The minimum atomic E-state index is -0.469. The Morgan fingerprint density at radius 1 is 1.11 bits per heavy atom. The number of benzene rings is 2. The molecule has 3 aromatic rings. The number of nitro benzene ring substituents is 1. The third-order valence-electron chi connectivity index (χ3n) is 3.79. The van der Waals surface area contributed by atoms with E-state index in [9.17, 15) is 14.9 Å². The summed E-state index contributed by atoms with van der Waals surface area (Å²) < 4.78 is 6.91. The van der Waals surface area contributed by atoms with Crippen LogP contribution >= 0.6 is 0 Å². The second kappa shape index (κ2) is 8.61. The molecule has 8 heteroatoms. The molecule has 0 saturated heterocycles. The monoisotopic (exact) mass is 366 g/mol. The number of hydrogen-bond acceptors (Lipinski definition) is 6. The van der Waals surface area contributed by atoms with Crippen LogP contribution in [-0.2, 0) is 16.1 Å². The van der Waals surface area contributed by atoms with Gasteiger partial charge in [0.05, 0.1) is 17.0 Å².